The number of nitrogens with one attached hydrogen (secondary N) is 1. The summed E-state index contributed by atoms with van der Waals surface area (Å²) in [7, 11) is 0. The summed E-state index contributed by atoms with van der Waals surface area (Å²) in [6, 6.07) is 14.6. The van der Waals surface area contributed by atoms with E-state index in [0.717, 1.165) is 5.39 Å². The molecule has 4 heteroatoms. The van der Waals surface area contributed by atoms with E-state index in [4.69, 9.17) is 5.11 Å². The van der Waals surface area contributed by atoms with Gasteiger partial charge in [0.15, 0.2) is 0 Å². The topological polar surface area (TPSA) is 66.0 Å². The standard InChI is InChI=1S/C10H7NO2.C4H5N/c12-10(13)9-6-5-7-3-1-2-4-8(7)11-9;1-2-4-5-3-1/h1-6H,(H,12,13);1-5H. The molecule has 0 saturated carbocycles. The molecule has 0 aliphatic heterocycles. The second-order valence-electron chi connectivity index (χ2n) is 3.58. The molecule has 2 heterocycles. The number of aromatic amines is 1. The van der Waals surface area contributed by atoms with E-state index in [1.807, 2.05) is 42.7 Å². The number of rotatable bonds is 1. The molecule has 0 spiro atoms. The molecule has 0 saturated heterocycles. The molecule has 3 rings (SSSR count). The lowest BCUT2D eigenvalue weighted by Crippen LogP contribution is -1.99. The van der Waals surface area contributed by atoms with Crippen molar-refractivity contribution < 1.29 is 9.90 Å². The fourth-order valence-electron chi connectivity index (χ4n) is 1.46. The van der Waals surface area contributed by atoms with Crippen LogP contribution < -0.4 is 0 Å². The van der Waals surface area contributed by atoms with Crippen LogP contribution in [0, 0.1) is 0 Å². The first-order chi connectivity index (χ1) is 8.77. The molecule has 0 unspecified atom stereocenters. The second kappa shape index (κ2) is 5.63. The zero-order chi connectivity index (χ0) is 12.8. The maximum absolute atomic E-state index is 10.6. The molecule has 1 aromatic carbocycles. The maximum Gasteiger partial charge on any atom is 0.354 e. The quantitative estimate of drug-likeness (QED) is 0.687. The molecule has 0 amide bonds. The summed E-state index contributed by atoms with van der Waals surface area (Å²) in [6.45, 7) is 0. The number of fused-ring (bicyclic) bond motifs is 1. The van der Waals surface area contributed by atoms with Crippen LogP contribution in [0.15, 0.2) is 60.9 Å². The van der Waals surface area contributed by atoms with Gasteiger partial charge in [0.05, 0.1) is 5.52 Å². The van der Waals surface area contributed by atoms with Crippen molar-refractivity contribution in [1.82, 2.24) is 9.97 Å². The summed E-state index contributed by atoms with van der Waals surface area (Å²) in [5.74, 6) is -0.995. The number of carboxylic acids is 1. The number of aromatic nitrogens is 2. The van der Waals surface area contributed by atoms with Crippen LogP contribution >= 0.6 is 0 Å². The van der Waals surface area contributed by atoms with Crippen molar-refractivity contribution in [3.63, 3.8) is 0 Å². The van der Waals surface area contributed by atoms with Crippen LogP contribution in [-0.2, 0) is 0 Å². The van der Waals surface area contributed by atoms with E-state index in [1.54, 1.807) is 12.1 Å². The molecule has 4 nitrogen and oxygen atoms in total. The number of pyridine rings is 1. The molecular weight excluding hydrogens is 228 g/mol. The second-order valence-corrected chi connectivity index (χ2v) is 3.58. The van der Waals surface area contributed by atoms with Crippen LogP contribution in [0.1, 0.15) is 10.5 Å². The minimum Gasteiger partial charge on any atom is -0.477 e. The van der Waals surface area contributed by atoms with E-state index in [2.05, 4.69) is 9.97 Å². The first-order valence-corrected chi connectivity index (χ1v) is 5.44. The summed E-state index contributed by atoms with van der Waals surface area (Å²) in [4.78, 5) is 17.4. The van der Waals surface area contributed by atoms with E-state index in [9.17, 15) is 4.79 Å². The minimum absolute atomic E-state index is 0.0821. The molecule has 0 radical (unpaired) electrons. The van der Waals surface area contributed by atoms with Crippen molar-refractivity contribution >= 4 is 16.9 Å². The number of H-pyrrole nitrogens is 1. The third-order valence-electron chi connectivity index (χ3n) is 2.31. The average molecular weight is 240 g/mol. The van der Waals surface area contributed by atoms with Crippen LogP contribution in [0.3, 0.4) is 0 Å². The van der Waals surface area contributed by atoms with Gasteiger partial charge in [0.2, 0.25) is 0 Å². The lowest BCUT2D eigenvalue weighted by Gasteiger charge is -1.97. The minimum atomic E-state index is -0.995. The normalized spacial score (nSPS) is 9.56. The SMILES string of the molecule is O=C(O)c1ccc2ccccc2n1.c1cc[nH]c1. The fraction of sp³-hybridized carbons (Fsp3) is 0. The molecule has 0 aliphatic carbocycles. The Morgan fingerprint density at radius 1 is 1.00 bits per heavy atom. The zero-order valence-electron chi connectivity index (χ0n) is 9.58. The van der Waals surface area contributed by atoms with E-state index in [-0.39, 0.29) is 5.69 Å². The molecule has 2 aromatic heterocycles. The van der Waals surface area contributed by atoms with Gasteiger partial charge in [0, 0.05) is 17.8 Å². The first-order valence-electron chi connectivity index (χ1n) is 5.44. The number of carbonyl (C=O) groups is 1. The van der Waals surface area contributed by atoms with Crippen molar-refractivity contribution in [1.29, 1.82) is 0 Å². The van der Waals surface area contributed by atoms with Crippen LogP contribution in [0.4, 0.5) is 0 Å². The molecule has 3 aromatic rings. The molecular formula is C14H12N2O2. The predicted molar refractivity (Wildman–Crippen MR) is 69.5 cm³/mol. The zero-order valence-corrected chi connectivity index (χ0v) is 9.58. The van der Waals surface area contributed by atoms with Gasteiger partial charge in [0.1, 0.15) is 5.69 Å². The summed E-state index contributed by atoms with van der Waals surface area (Å²) in [5.41, 5.74) is 0.793. The van der Waals surface area contributed by atoms with Gasteiger partial charge in [-0.25, -0.2) is 9.78 Å². The Bertz CT molecular complexity index is 616. The Morgan fingerprint density at radius 2 is 1.72 bits per heavy atom. The van der Waals surface area contributed by atoms with Crippen LogP contribution in [-0.4, -0.2) is 21.0 Å². The van der Waals surface area contributed by atoms with Crippen molar-refractivity contribution in [3.8, 4) is 0 Å². The van der Waals surface area contributed by atoms with Crippen molar-refractivity contribution in [3.05, 3.63) is 66.6 Å². The first kappa shape index (κ1) is 11.9. The highest BCUT2D eigenvalue weighted by Gasteiger charge is 2.03. The number of para-hydroxylation sites is 1. The Labute approximate surface area is 104 Å². The van der Waals surface area contributed by atoms with E-state index in [0.29, 0.717) is 5.52 Å². The van der Waals surface area contributed by atoms with Gasteiger partial charge in [-0.15, -0.1) is 0 Å². The molecule has 0 aliphatic rings. The van der Waals surface area contributed by atoms with E-state index >= 15 is 0 Å². The highest BCUT2D eigenvalue weighted by Crippen LogP contribution is 2.11. The number of benzene rings is 1. The highest BCUT2D eigenvalue weighted by atomic mass is 16.4. The smallest absolute Gasteiger partial charge is 0.354 e. The summed E-state index contributed by atoms with van der Waals surface area (Å²) >= 11 is 0. The fourth-order valence-corrected chi connectivity index (χ4v) is 1.46. The van der Waals surface area contributed by atoms with Crippen molar-refractivity contribution in [2.75, 3.05) is 0 Å². The Balaban J connectivity index is 0.000000202. The molecule has 2 N–H and O–H groups in total. The van der Waals surface area contributed by atoms with Gasteiger partial charge >= 0.3 is 5.97 Å². The summed E-state index contributed by atoms with van der Waals surface area (Å²) < 4.78 is 0. The third kappa shape index (κ3) is 2.95. The van der Waals surface area contributed by atoms with Crippen LogP contribution in [0.2, 0.25) is 0 Å². The number of hydrogen-bond donors (Lipinski definition) is 2. The van der Waals surface area contributed by atoms with Crippen LogP contribution in [0.25, 0.3) is 10.9 Å². The van der Waals surface area contributed by atoms with Gasteiger partial charge in [0.25, 0.3) is 0 Å². The number of hydrogen-bond acceptors (Lipinski definition) is 2. The van der Waals surface area contributed by atoms with Crippen molar-refractivity contribution in [2.24, 2.45) is 0 Å². The monoisotopic (exact) mass is 240 g/mol. The number of aromatic carboxylic acids is 1. The van der Waals surface area contributed by atoms with E-state index in [1.165, 1.54) is 6.07 Å². The Morgan fingerprint density at radius 3 is 2.33 bits per heavy atom. The average Bonchev–Trinajstić information content (AvgIpc) is 2.97. The summed E-state index contributed by atoms with van der Waals surface area (Å²) in [6.07, 6.45) is 3.75. The van der Waals surface area contributed by atoms with Gasteiger partial charge in [-0.3, -0.25) is 0 Å². The highest BCUT2D eigenvalue weighted by molar-refractivity contribution is 5.89. The van der Waals surface area contributed by atoms with Crippen molar-refractivity contribution in [2.45, 2.75) is 0 Å². The molecule has 0 fully saturated rings. The lowest BCUT2D eigenvalue weighted by atomic mass is 10.2. The van der Waals surface area contributed by atoms with Gasteiger partial charge in [-0.05, 0) is 24.3 Å². The Hall–Kier alpha value is -2.62. The number of nitrogens with zero attached hydrogens (tertiary/aromatic N) is 1. The van der Waals surface area contributed by atoms with Crippen LogP contribution in [0.5, 0.6) is 0 Å². The van der Waals surface area contributed by atoms with Gasteiger partial charge < -0.3 is 10.1 Å². The van der Waals surface area contributed by atoms with Gasteiger partial charge in [-0.2, -0.15) is 0 Å². The Kier molecular flexibility index (Phi) is 3.71. The van der Waals surface area contributed by atoms with Gasteiger partial charge in [-0.1, -0.05) is 24.3 Å². The van der Waals surface area contributed by atoms with E-state index < -0.39 is 5.97 Å². The molecule has 0 bridgehead atoms. The number of carboxylic acid groups (broad SMARTS) is 1. The molecule has 18 heavy (non-hydrogen) atoms. The third-order valence-corrected chi connectivity index (χ3v) is 2.31. The largest absolute Gasteiger partial charge is 0.477 e. The maximum atomic E-state index is 10.6. The lowest BCUT2D eigenvalue weighted by molar-refractivity contribution is 0.0691. The molecule has 0 atom stereocenters. The summed E-state index contributed by atoms with van der Waals surface area (Å²) in [5, 5.41) is 9.63. The predicted octanol–water partition coefficient (Wildman–Crippen LogP) is 2.95. The molecule has 90 valence electrons.